The van der Waals surface area contributed by atoms with Crippen LogP contribution in [0.2, 0.25) is 0 Å². The van der Waals surface area contributed by atoms with Crippen LogP contribution in [0.25, 0.3) is 10.9 Å². The Morgan fingerprint density at radius 3 is 2.48 bits per heavy atom. The van der Waals surface area contributed by atoms with Crippen LogP contribution in [0.3, 0.4) is 0 Å². The lowest BCUT2D eigenvalue weighted by atomic mass is 10.1. The molecule has 0 saturated heterocycles. The smallest absolute Gasteiger partial charge is 0.183 e. The molecule has 1 heterocycles. The van der Waals surface area contributed by atoms with E-state index in [9.17, 15) is 8.42 Å². The van der Waals surface area contributed by atoms with Crippen molar-refractivity contribution in [3.63, 3.8) is 0 Å². The molecule has 0 aliphatic carbocycles. The highest BCUT2D eigenvalue weighted by Crippen LogP contribution is 2.29. The maximum Gasteiger partial charge on any atom is 0.183 e. The first-order valence-corrected chi connectivity index (χ1v) is 10.5. The largest absolute Gasteiger partial charge is 0.357 e. The molecular weight excluding hydrogens is 400 g/mol. The van der Waals surface area contributed by atoms with Crippen molar-refractivity contribution >= 4 is 36.7 Å². The highest BCUT2D eigenvalue weighted by atomic mass is 79.9. The number of nitrogens with one attached hydrogen (secondary N) is 1. The van der Waals surface area contributed by atoms with Gasteiger partial charge in [-0.15, -0.1) is 0 Å². The number of fused-ring (bicyclic) bond motifs is 1. The van der Waals surface area contributed by atoms with Gasteiger partial charge in [-0.2, -0.15) is 0 Å². The summed E-state index contributed by atoms with van der Waals surface area (Å²) < 4.78 is 26.6. The summed E-state index contributed by atoms with van der Waals surface area (Å²) in [7, 11) is 0.649. The van der Waals surface area contributed by atoms with Gasteiger partial charge in [0.05, 0.1) is 10.6 Å². The van der Waals surface area contributed by atoms with Gasteiger partial charge in [0.25, 0.3) is 0 Å². The minimum absolute atomic E-state index is 0.0218. The SMILES string of the molecule is CN(C)CCc1c(CS(=O)(=O)c2ccccc2)[nH]c2ccc(Br)cc12. The summed E-state index contributed by atoms with van der Waals surface area (Å²) in [6, 6.07) is 14.6. The molecule has 1 N–H and O–H groups in total. The number of benzene rings is 2. The summed E-state index contributed by atoms with van der Waals surface area (Å²) in [6.07, 6.45) is 0.795. The number of sulfone groups is 1. The number of halogens is 1. The summed E-state index contributed by atoms with van der Waals surface area (Å²) in [6.45, 7) is 0.859. The van der Waals surface area contributed by atoms with Crippen molar-refractivity contribution < 1.29 is 8.42 Å². The molecule has 2 aromatic carbocycles. The Bertz CT molecular complexity index is 979. The van der Waals surface area contributed by atoms with Crippen LogP contribution in [-0.4, -0.2) is 38.9 Å². The normalized spacial score (nSPS) is 12.2. The molecule has 0 bridgehead atoms. The monoisotopic (exact) mass is 420 g/mol. The minimum Gasteiger partial charge on any atom is -0.357 e. The second kappa shape index (κ2) is 7.32. The fourth-order valence-corrected chi connectivity index (χ4v) is 4.65. The van der Waals surface area contributed by atoms with Gasteiger partial charge in [-0.3, -0.25) is 0 Å². The Balaban J connectivity index is 2.04. The standard InChI is InChI=1S/C19H21BrN2O2S/c1-22(2)11-10-16-17-12-14(20)8-9-18(17)21-19(16)13-25(23,24)15-6-4-3-5-7-15/h3-9,12,21H,10-11,13H2,1-2H3. The van der Waals surface area contributed by atoms with Crippen molar-refractivity contribution in [2.45, 2.75) is 17.1 Å². The summed E-state index contributed by atoms with van der Waals surface area (Å²) in [5.74, 6) is -0.0218. The lowest BCUT2D eigenvalue weighted by molar-refractivity contribution is 0.414. The van der Waals surface area contributed by atoms with E-state index in [4.69, 9.17) is 0 Å². The molecule has 0 fully saturated rings. The number of likely N-dealkylation sites (N-methyl/N-ethyl adjacent to an activating group) is 1. The number of H-pyrrole nitrogens is 1. The summed E-state index contributed by atoms with van der Waals surface area (Å²) in [4.78, 5) is 5.78. The van der Waals surface area contributed by atoms with Crippen LogP contribution in [0.5, 0.6) is 0 Å². The van der Waals surface area contributed by atoms with Gasteiger partial charge in [0.2, 0.25) is 0 Å². The van der Waals surface area contributed by atoms with Gasteiger partial charge in [-0.1, -0.05) is 34.1 Å². The molecule has 25 heavy (non-hydrogen) atoms. The van der Waals surface area contributed by atoms with Gasteiger partial charge >= 0.3 is 0 Å². The Kier molecular flexibility index (Phi) is 5.32. The number of aromatic nitrogens is 1. The van der Waals surface area contributed by atoms with Gasteiger partial charge in [0.15, 0.2) is 9.84 Å². The third-order valence-corrected chi connectivity index (χ3v) is 6.35. The summed E-state index contributed by atoms with van der Waals surface area (Å²) >= 11 is 3.51. The molecule has 0 spiro atoms. The number of nitrogens with zero attached hydrogens (tertiary/aromatic N) is 1. The fraction of sp³-hybridized carbons (Fsp3) is 0.263. The average molecular weight is 421 g/mol. The quantitative estimate of drug-likeness (QED) is 0.655. The molecule has 0 saturated carbocycles. The van der Waals surface area contributed by atoms with Crippen LogP contribution in [-0.2, 0) is 22.0 Å². The van der Waals surface area contributed by atoms with Crippen molar-refractivity contribution in [1.82, 2.24) is 9.88 Å². The minimum atomic E-state index is -3.39. The van der Waals surface area contributed by atoms with Crippen LogP contribution in [0, 0.1) is 0 Å². The Hall–Kier alpha value is -1.63. The molecule has 0 aliphatic rings. The summed E-state index contributed by atoms with van der Waals surface area (Å²) in [5.41, 5.74) is 2.82. The van der Waals surface area contributed by atoms with Crippen LogP contribution in [0.15, 0.2) is 57.9 Å². The van der Waals surface area contributed by atoms with Gasteiger partial charge in [0.1, 0.15) is 0 Å². The Labute approximate surface area is 156 Å². The number of aromatic amines is 1. The van der Waals surface area contributed by atoms with Gasteiger partial charge < -0.3 is 9.88 Å². The van der Waals surface area contributed by atoms with Crippen LogP contribution >= 0.6 is 15.9 Å². The van der Waals surface area contributed by atoms with E-state index in [0.29, 0.717) is 4.90 Å². The lowest BCUT2D eigenvalue weighted by Crippen LogP contribution is -2.16. The number of hydrogen-bond donors (Lipinski definition) is 1. The predicted octanol–water partition coefficient (Wildman–Crippen LogP) is 4.01. The van der Waals surface area contributed by atoms with Crippen molar-refractivity contribution in [3.05, 3.63) is 64.3 Å². The van der Waals surface area contributed by atoms with Crippen molar-refractivity contribution in [2.75, 3.05) is 20.6 Å². The van der Waals surface area contributed by atoms with E-state index in [1.54, 1.807) is 24.3 Å². The third-order valence-electron chi connectivity index (χ3n) is 4.20. The first-order chi connectivity index (χ1) is 11.9. The second-order valence-electron chi connectivity index (χ2n) is 6.40. The molecule has 0 aliphatic heterocycles. The van der Waals surface area contributed by atoms with E-state index in [-0.39, 0.29) is 5.75 Å². The molecule has 1 aromatic heterocycles. The van der Waals surface area contributed by atoms with E-state index in [0.717, 1.165) is 39.6 Å². The molecule has 4 nitrogen and oxygen atoms in total. The van der Waals surface area contributed by atoms with Crippen molar-refractivity contribution in [1.29, 1.82) is 0 Å². The highest BCUT2D eigenvalue weighted by molar-refractivity contribution is 9.10. The molecule has 3 rings (SSSR count). The zero-order valence-electron chi connectivity index (χ0n) is 14.3. The molecule has 0 atom stereocenters. The van der Waals surface area contributed by atoms with E-state index in [2.05, 4.69) is 31.9 Å². The summed E-state index contributed by atoms with van der Waals surface area (Å²) in [5, 5.41) is 1.08. The molecular formula is C19H21BrN2O2S. The van der Waals surface area contributed by atoms with E-state index >= 15 is 0 Å². The maximum atomic E-state index is 12.8. The van der Waals surface area contributed by atoms with E-state index < -0.39 is 9.84 Å². The fourth-order valence-electron chi connectivity index (χ4n) is 2.92. The van der Waals surface area contributed by atoms with Gasteiger partial charge in [-0.25, -0.2) is 8.42 Å². The van der Waals surface area contributed by atoms with Crippen LogP contribution in [0.4, 0.5) is 0 Å². The topological polar surface area (TPSA) is 53.2 Å². The predicted molar refractivity (Wildman–Crippen MR) is 106 cm³/mol. The van der Waals surface area contributed by atoms with E-state index in [1.165, 1.54) is 0 Å². The number of hydrogen-bond acceptors (Lipinski definition) is 3. The Morgan fingerprint density at radius 2 is 1.80 bits per heavy atom. The van der Waals surface area contributed by atoms with Crippen LogP contribution < -0.4 is 0 Å². The van der Waals surface area contributed by atoms with Gasteiger partial charge in [0, 0.05) is 27.6 Å². The molecule has 0 radical (unpaired) electrons. The molecule has 0 unspecified atom stereocenters. The van der Waals surface area contributed by atoms with Crippen LogP contribution in [0.1, 0.15) is 11.3 Å². The molecule has 3 aromatic rings. The molecule has 6 heteroatoms. The molecule has 132 valence electrons. The second-order valence-corrected chi connectivity index (χ2v) is 9.30. The molecule has 0 amide bonds. The number of rotatable bonds is 6. The zero-order chi connectivity index (χ0) is 18.0. The Morgan fingerprint density at radius 1 is 1.08 bits per heavy atom. The first kappa shape index (κ1) is 18.2. The van der Waals surface area contributed by atoms with Gasteiger partial charge in [-0.05, 0) is 56.4 Å². The lowest BCUT2D eigenvalue weighted by Gasteiger charge is -2.11. The van der Waals surface area contributed by atoms with Crippen molar-refractivity contribution in [3.8, 4) is 0 Å². The first-order valence-electron chi connectivity index (χ1n) is 8.08. The van der Waals surface area contributed by atoms with Crippen molar-refractivity contribution in [2.24, 2.45) is 0 Å². The average Bonchev–Trinajstić information content (AvgIpc) is 2.89. The van der Waals surface area contributed by atoms with E-state index in [1.807, 2.05) is 32.3 Å². The zero-order valence-corrected chi connectivity index (χ0v) is 16.7. The maximum absolute atomic E-state index is 12.8. The highest BCUT2D eigenvalue weighted by Gasteiger charge is 2.20. The third kappa shape index (κ3) is 4.14.